The Kier molecular flexibility index (Phi) is 15.0. The highest BCUT2D eigenvalue weighted by molar-refractivity contribution is 5.60. The van der Waals surface area contributed by atoms with Crippen molar-refractivity contribution in [2.45, 2.75) is 91.4 Å². The fraction of sp³-hybridized carbons (Fsp3) is 0.750. The summed E-state index contributed by atoms with van der Waals surface area (Å²) in [7, 11) is 0. The smallest absolute Gasteiger partial charge is 0.112 e. The molecular formula is C20H37NO2. The number of carbonyl (C=O) groups is 1. The number of aliphatic carboxylic acids is 1. The second kappa shape index (κ2) is 15.8. The van der Waals surface area contributed by atoms with Crippen LogP contribution in [0.3, 0.4) is 0 Å². The Balaban J connectivity index is 0.00000108. The third kappa shape index (κ3) is 14.2. The minimum atomic E-state index is -1.08. The Hall–Kier alpha value is -1.09. The van der Waals surface area contributed by atoms with E-state index >= 15 is 0 Å². The van der Waals surface area contributed by atoms with Gasteiger partial charge in [-0.05, 0) is 32.3 Å². The van der Waals surface area contributed by atoms with Crippen LogP contribution in [0.25, 0.3) is 0 Å². The van der Waals surface area contributed by atoms with Crippen LogP contribution in [0.4, 0.5) is 0 Å². The summed E-state index contributed by atoms with van der Waals surface area (Å²) in [6, 6.07) is 0. The molecule has 0 radical (unpaired) electrons. The third-order valence-corrected chi connectivity index (χ3v) is 4.11. The molecule has 1 heterocycles. The van der Waals surface area contributed by atoms with E-state index in [0.29, 0.717) is 0 Å². The summed E-state index contributed by atoms with van der Waals surface area (Å²) in [5.41, 5.74) is 1.62. The average Bonchev–Trinajstić information content (AvgIpc) is 2.94. The molecule has 0 fully saturated rings. The Bertz CT molecular complexity index is 344. The summed E-state index contributed by atoms with van der Waals surface area (Å²) in [5, 5.41) is 8.89. The second-order valence-corrected chi connectivity index (χ2v) is 6.40. The van der Waals surface area contributed by atoms with Crippen LogP contribution in [0, 0.1) is 0 Å². The number of nitrogens with one attached hydrogen (secondary N) is 1. The fourth-order valence-corrected chi connectivity index (χ4v) is 2.80. The molecule has 0 aromatic rings. The highest BCUT2D eigenvalue weighted by Gasteiger charge is 2.15. The zero-order valence-electron chi connectivity index (χ0n) is 15.5. The predicted molar refractivity (Wildman–Crippen MR) is 95.9 cm³/mol. The zero-order valence-corrected chi connectivity index (χ0v) is 15.5. The summed E-state index contributed by atoms with van der Waals surface area (Å²) in [6.07, 6.45) is 22.2. The molecule has 3 heteroatoms. The quantitative estimate of drug-likeness (QED) is 0.560. The Labute approximate surface area is 143 Å². The lowest BCUT2D eigenvalue weighted by molar-refractivity contribution is -0.804. The predicted octanol–water partition coefficient (Wildman–Crippen LogP) is 3.37. The summed E-state index contributed by atoms with van der Waals surface area (Å²) in [4.78, 5) is 10.5. The van der Waals surface area contributed by atoms with Crippen molar-refractivity contribution in [3.63, 3.8) is 0 Å². The molecule has 0 aromatic carbocycles. The first kappa shape index (κ1) is 21.9. The maximum atomic E-state index is 8.89. The van der Waals surface area contributed by atoms with Crippen molar-refractivity contribution in [3.05, 3.63) is 24.0 Å². The van der Waals surface area contributed by atoms with Crippen molar-refractivity contribution in [1.29, 1.82) is 0 Å². The highest BCUT2D eigenvalue weighted by atomic mass is 16.4. The standard InChI is InChI=1S/C18H33N.C2H4O2/c1-3-5-7-8-9-10-11-12-16-19-17-13-15-18(19)14-6-4-2;1-2(3)4/h13,15,17H,3-12,14,16H2,1-2H3;1H3,(H,3,4). The van der Waals surface area contributed by atoms with Crippen LogP contribution < -0.4 is 10.0 Å². The summed E-state index contributed by atoms with van der Waals surface area (Å²) in [5.74, 6) is -1.08. The van der Waals surface area contributed by atoms with Gasteiger partial charge in [0.2, 0.25) is 0 Å². The first-order chi connectivity index (χ1) is 11.1. The number of rotatable bonds is 12. The van der Waals surface area contributed by atoms with Gasteiger partial charge in [0.05, 0.1) is 12.7 Å². The minimum absolute atomic E-state index is 0.972. The largest absolute Gasteiger partial charge is 0.550 e. The topological polar surface area (TPSA) is 44.6 Å². The molecule has 1 aliphatic heterocycles. The van der Waals surface area contributed by atoms with E-state index in [1.54, 1.807) is 10.6 Å². The van der Waals surface area contributed by atoms with E-state index in [0.717, 1.165) is 6.92 Å². The number of quaternary nitrogens is 1. The average molecular weight is 324 g/mol. The molecule has 134 valence electrons. The molecule has 0 amide bonds. The molecular weight excluding hydrogens is 286 g/mol. The lowest BCUT2D eigenvalue weighted by Crippen LogP contribution is -3.04. The van der Waals surface area contributed by atoms with Gasteiger partial charge in [0, 0.05) is 18.5 Å². The van der Waals surface area contributed by atoms with Gasteiger partial charge in [-0.3, -0.25) is 4.90 Å². The minimum Gasteiger partial charge on any atom is -0.550 e. The number of carbonyl (C=O) groups excluding carboxylic acids is 1. The fourth-order valence-electron chi connectivity index (χ4n) is 2.80. The summed E-state index contributed by atoms with van der Waals surface area (Å²) in [6.45, 7) is 6.85. The zero-order chi connectivity index (χ0) is 17.3. The van der Waals surface area contributed by atoms with Crippen LogP contribution in [0.15, 0.2) is 24.0 Å². The SMILES string of the molecule is CC(=O)[O-].CCCCCCCCCC[NH+]1C=CC=C1CCCC. The lowest BCUT2D eigenvalue weighted by Gasteiger charge is -2.14. The van der Waals surface area contributed by atoms with Crippen LogP contribution in [0.5, 0.6) is 0 Å². The molecule has 1 unspecified atom stereocenters. The van der Waals surface area contributed by atoms with Gasteiger partial charge >= 0.3 is 0 Å². The van der Waals surface area contributed by atoms with E-state index in [9.17, 15) is 0 Å². The van der Waals surface area contributed by atoms with Gasteiger partial charge in [0.15, 0.2) is 0 Å². The Morgan fingerprint density at radius 2 is 1.48 bits per heavy atom. The maximum absolute atomic E-state index is 8.89. The molecule has 23 heavy (non-hydrogen) atoms. The van der Waals surface area contributed by atoms with Gasteiger partial charge in [0.25, 0.3) is 0 Å². The molecule has 0 saturated heterocycles. The van der Waals surface area contributed by atoms with E-state index in [4.69, 9.17) is 9.90 Å². The Morgan fingerprint density at radius 1 is 0.957 bits per heavy atom. The molecule has 1 aliphatic rings. The van der Waals surface area contributed by atoms with Crippen molar-refractivity contribution in [3.8, 4) is 0 Å². The first-order valence-electron chi connectivity index (χ1n) is 9.52. The second-order valence-electron chi connectivity index (χ2n) is 6.40. The van der Waals surface area contributed by atoms with Crippen molar-refractivity contribution in [2.24, 2.45) is 0 Å². The van der Waals surface area contributed by atoms with Crippen LogP contribution in [-0.4, -0.2) is 12.5 Å². The highest BCUT2D eigenvalue weighted by Crippen LogP contribution is 2.08. The van der Waals surface area contributed by atoms with E-state index in [1.807, 2.05) is 0 Å². The van der Waals surface area contributed by atoms with E-state index < -0.39 is 5.97 Å². The molecule has 0 spiro atoms. The molecule has 1 atom stereocenters. The lowest BCUT2D eigenvalue weighted by atomic mass is 10.1. The summed E-state index contributed by atoms with van der Waals surface area (Å²) < 4.78 is 0. The number of carboxylic acids is 1. The van der Waals surface area contributed by atoms with Crippen LogP contribution in [-0.2, 0) is 4.79 Å². The van der Waals surface area contributed by atoms with Crippen molar-refractivity contribution < 1.29 is 14.8 Å². The van der Waals surface area contributed by atoms with E-state index in [1.165, 1.54) is 77.2 Å². The number of carboxylic acid groups (broad SMARTS) is 1. The molecule has 0 aliphatic carbocycles. The third-order valence-electron chi connectivity index (χ3n) is 4.11. The normalized spacial score (nSPS) is 16.0. The van der Waals surface area contributed by atoms with Gasteiger partial charge in [-0.2, -0.15) is 0 Å². The van der Waals surface area contributed by atoms with Crippen LogP contribution >= 0.6 is 0 Å². The molecule has 0 aromatic heterocycles. The maximum Gasteiger partial charge on any atom is 0.112 e. The van der Waals surface area contributed by atoms with Crippen molar-refractivity contribution >= 4 is 5.97 Å². The molecule has 1 N–H and O–H groups in total. The van der Waals surface area contributed by atoms with Crippen LogP contribution in [0.2, 0.25) is 0 Å². The molecule has 0 bridgehead atoms. The Morgan fingerprint density at radius 3 is 2.04 bits per heavy atom. The monoisotopic (exact) mass is 323 g/mol. The number of hydrogen-bond acceptors (Lipinski definition) is 2. The van der Waals surface area contributed by atoms with Gasteiger partial charge in [0.1, 0.15) is 5.70 Å². The number of hydrogen-bond donors (Lipinski definition) is 1. The summed E-state index contributed by atoms with van der Waals surface area (Å²) >= 11 is 0. The van der Waals surface area contributed by atoms with E-state index in [-0.39, 0.29) is 0 Å². The van der Waals surface area contributed by atoms with Crippen LogP contribution in [0.1, 0.15) is 91.4 Å². The van der Waals surface area contributed by atoms with Gasteiger partial charge in [-0.25, -0.2) is 0 Å². The van der Waals surface area contributed by atoms with Gasteiger partial charge in [-0.1, -0.05) is 58.8 Å². The molecule has 3 nitrogen and oxygen atoms in total. The van der Waals surface area contributed by atoms with E-state index in [2.05, 4.69) is 32.2 Å². The van der Waals surface area contributed by atoms with Crippen molar-refractivity contribution in [1.82, 2.24) is 0 Å². The number of allylic oxidation sites excluding steroid dienone is 3. The first-order valence-corrected chi connectivity index (χ1v) is 9.52. The molecule has 1 rings (SSSR count). The molecule has 0 saturated carbocycles. The van der Waals surface area contributed by atoms with Gasteiger partial charge < -0.3 is 9.90 Å². The van der Waals surface area contributed by atoms with Gasteiger partial charge in [-0.15, -0.1) is 0 Å². The number of unbranched alkanes of at least 4 members (excludes halogenated alkanes) is 8. The van der Waals surface area contributed by atoms with Crippen molar-refractivity contribution in [2.75, 3.05) is 6.54 Å².